The standard InChI is InChI=1S/C21H15BrN4O4S/c1-2-29-16-10-12(8-14-18(23)26-21(25-19(14)27)31-11-24-26)9-15(22)17(16)30-20(28)13-6-4-3-5-7-13/h3-11,23H,2H2,1H3/b14-8-,23-18?. The largest absolute Gasteiger partial charge is 0.490 e. The van der Waals surface area contributed by atoms with Gasteiger partial charge in [-0.1, -0.05) is 18.2 Å². The van der Waals surface area contributed by atoms with Crippen LogP contribution in [0.25, 0.3) is 6.08 Å². The molecular weight excluding hydrogens is 484 g/mol. The zero-order valence-corrected chi connectivity index (χ0v) is 18.6. The van der Waals surface area contributed by atoms with Crippen LogP contribution in [0.3, 0.4) is 0 Å². The quantitative estimate of drug-likeness (QED) is 0.374. The number of esters is 1. The first-order valence-electron chi connectivity index (χ1n) is 9.14. The van der Waals surface area contributed by atoms with Crippen LogP contribution in [0.1, 0.15) is 22.8 Å². The van der Waals surface area contributed by atoms with E-state index in [1.54, 1.807) is 36.4 Å². The first-order chi connectivity index (χ1) is 15.0. The third-order valence-corrected chi connectivity index (χ3v) is 5.51. The molecule has 156 valence electrons. The van der Waals surface area contributed by atoms with Gasteiger partial charge in [0.1, 0.15) is 0 Å². The zero-order chi connectivity index (χ0) is 22.0. The van der Waals surface area contributed by atoms with E-state index in [0.717, 1.165) is 0 Å². The topological polar surface area (TPSA) is 104 Å². The van der Waals surface area contributed by atoms with Crippen molar-refractivity contribution in [3.8, 4) is 11.5 Å². The second-order valence-electron chi connectivity index (χ2n) is 6.28. The lowest BCUT2D eigenvalue weighted by Crippen LogP contribution is -2.35. The maximum atomic E-state index is 12.5. The molecule has 2 aliphatic rings. The van der Waals surface area contributed by atoms with Crippen LogP contribution in [0.5, 0.6) is 11.5 Å². The molecule has 1 N–H and O–H groups in total. The number of nitrogens with zero attached hydrogens (tertiary/aromatic N) is 3. The number of fused-ring (bicyclic) bond motifs is 1. The smallest absolute Gasteiger partial charge is 0.343 e. The Balaban J connectivity index is 1.68. The summed E-state index contributed by atoms with van der Waals surface area (Å²) in [6, 6.07) is 11.9. The number of carbonyl (C=O) groups excluding carboxylic acids is 2. The third kappa shape index (κ3) is 4.30. The lowest BCUT2D eigenvalue weighted by molar-refractivity contribution is -0.114. The molecule has 0 unspecified atom stereocenters. The Kier molecular flexibility index (Phi) is 6.01. The van der Waals surface area contributed by atoms with Crippen LogP contribution < -0.4 is 9.47 Å². The van der Waals surface area contributed by atoms with Crippen LogP contribution in [-0.2, 0) is 4.79 Å². The number of amidine groups is 2. The summed E-state index contributed by atoms with van der Waals surface area (Å²) in [5, 5.41) is 14.0. The molecular formula is C21H15BrN4O4S. The molecule has 0 bridgehead atoms. The van der Waals surface area contributed by atoms with Gasteiger partial charge in [0.25, 0.3) is 5.91 Å². The molecule has 0 saturated carbocycles. The van der Waals surface area contributed by atoms with Crippen molar-refractivity contribution in [2.45, 2.75) is 6.92 Å². The van der Waals surface area contributed by atoms with Crippen molar-refractivity contribution in [2.24, 2.45) is 10.1 Å². The molecule has 0 saturated heterocycles. The summed E-state index contributed by atoms with van der Waals surface area (Å²) in [5.74, 6) is -0.567. The maximum absolute atomic E-state index is 12.5. The zero-order valence-electron chi connectivity index (χ0n) is 16.2. The lowest BCUT2D eigenvalue weighted by atomic mass is 10.1. The summed E-state index contributed by atoms with van der Waals surface area (Å²) in [4.78, 5) is 28.9. The molecule has 8 nitrogen and oxygen atoms in total. The van der Waals surface area contributed by atoms with E-state index in [4.69, 9.17) is 14.9 Å². The van der Waals surface area contributed by atoms with Crippen LogP contribution in [0.15, 0.2) is 62.6 Å². The highest BCUT2D eigenvalue weighted by Crippen LogP contribution is 2.38. The molecule has 2 heterocycles. The SMILES string of the molecule is CCOc1cc(/C=C2/C(=N)N3N=CSC3=NC2=O)cc(Br)c1OC(=O)c1ccccc1. The summed E-state index contributed by atoms with van der Waals surface area (Å²) in [6.07, 6.45) is 1.53. The van der Waals surface area contributed by atoms with Gasteiger partial charge < -0.3 is 9.47 Å². The molecule has 0 radical (unpaired) electrons. The van der Waals surface area contributed by atoms with Crippen molar-refractivity contribution in [1.29, 1.82) is 5.41 Å². The van der Waals surface area contributed by atoms with Crippen LogP contribution in [0.4, 0.5) is 0 Å². The van der Waals surface area contributed by atoms with Crippen molar-refractivity contribution < 1.29 is 19.1 Å². The molecule has 2 aliphatic heterocycles. The number of nitrogens with one attached hydrogen (secondary N) is 1. The maximum Gasteiger partial charge on any atom is 0.343 e. The average Bonchev–Trinajstić information content (AvgIpc) is 3.23. The molecule has 0 fully saturated rings. The lowest BCUT2D eigenvalue weighted by Gasteiger charge is -2.20. The van der Waals surface area contributed by atoms with Gasteiger partial charge in [0.05, 0.1) is 27.8 Å². The van der Waals surface area contributed by atoms with Crippen LogP contribution in [0, 0.1) is 5.41 Å². The third-order valence-electron chi connectivity index (χ3n) is 4.24. The highest BCUT2D eigenvalue weighted by Gasteiger charge is 2.32. The minimum absolute atomic E-state index is 0.0649. The fourth-order valence-corrected chi connectivity index (χ4v) is 4.01. The number of amides is 1. The Hall–Kier alpha value is -3.24. The highest BCUT2D eigenvalue weighted by molar-refractivity contribution is 9.10. The number of hydrogen-bond donors (Lipinski definition) is 1. The molecule has 0 atom stereocenters. The van der Waals surface area contributed by atoms with Crippen molar-refractivity contribution in [3.05, 3.63) is 63.6 Å². The predicted octanol–water partition coefficient (Wildman–Crippen LogP) is 4.32. The summed E-state index contributed by atoms with van der Waals surface area (Å²) < 4.78 is 11.7. The van der Waals surface area contributed by atoms with Crippen molar-refractivity contribution in [1.82, 2.24) is 5.01 Å². The number of aliphatic imine (C=N–C) groups is 1. The van der Waals surface area contributed by atoms with E-state index in [1.165, 1.54) is 28.4 Å². The van der Waals surface area contributed by atoms with Gasteiger partial charge >= 0.3 is 5.97 Å². The van der Waals surface area contributed by atoms with Crippen molar-refractivity contribution in [2.75, 3.05) is 6.61 Å². The summed E-state index contributed by atoms with van der Waals surface area (Å²) in [6.45, 7) is 2.14. The molecule has 0 aromatic heterocycles. The summed E-state index contributed by atoms with van der Waals surface area (Å²) in [5.41, 5.74) is 2.58. The van der Waals surface area contributed by atoms with E-state index in [2.05, 4.69) is 26.0 Å². The average molecular weight is 499 g/mol. The molecule has 4 rings (SSSR count). The van der Waals surface area contributed by atoms with Crippen LogP contribution in [-0.4, -0.2) is 40.0 Å². The van der Waals surface area contributed by atoms with Gasteiger partial charge in [-0.25, -0.2) is 4.79 Å². The van der Waals surface area contributed by atoms with Gasteiger partial charge in [-0.2, -0.15) is 15.1 Å². The Morgan fingerprint density at radius 2 is 2.06 bits per heavy atom. The van der Waals surface area contributed by atoms with Gasteiger partial charge in [-0.15, -0.1) is 0 Å². The monoisotopic (exact) mass is 498 g/mol. The highest BCUT2D eigenvalue weighted by atomic mass is 79.9. The number of rotatable bonds is 5. The number of carbonyl (C=O) groups is 2. The Morgan fingerprint density at radius 3 is 2.81 bits per heavy atom. The first-order valence-corrected chi connectivity index (χ1v) is 10.8. The fraction of sp³-hybridized carbons (Fsp3) is 0.0952. The van der Waals surface area contributed by atoms with Crippen LogP contribution in [0.2, 0.25) is 0 Å². The van der Waals surface area contributed by atoms with Crippen LogP contribution >= 0.6 is 27.7 Å². The summed E-state index contributed by atoms with van der Waals surface area (Å²) in [7, 11) is 0. The van der Waals surface area contributed by atoms with Gasteiger partial charge in [-0.05, 0) is 70.5 Å². The second-order valence-corrected chi connectivity index (χ2v) is 7.94. The van der Waals surface area contributed by atoms with E-state index < -0.39 is 11.9 Å². The first kappa shape index (κ1) is 21.0. The van der Waals surface area contributed by atoms with Gasteiger partial charge in [0.15, 0.2) is 22.5 Å². The molecule has 10 heteroatoms. The van der Waals surface area contributed by atoms with Gasteiger partial charge in [0.2, 0.25) is 0 Å². The van der Waals surface area contributed by atoms with Gasteiger partial charge in [0, 0.05) is 0 Å². The number of thioether (sulfide) groups is 1. The minimum Gasteiger partial charge on any atom is -0.490 e. The Morgan fingerprint density at radius 1 is 1.29 bits per heavy atom. The number of halogens is 1. The van der Waals surface area contributed by atoms with Gasteiger partial charge in [-0.3, -0.25) is 10.2 Å². The number of benzene rings is 2. The van der Waals surface area contributed by atoms with E-state index in [9.17, 15) is 9.59 Å². The van der Waals surface area contributed by atoms with E-state index >= 15 is 0 Å². The van der Waals surface area contributed by atoms with Crippen molar-refractivity contribution >= 4 is 62.2 Å². The van der Waals surface area contributed by atoms with E-state index in [0.29, 0.717) is 33.1 Å². The van der Waals surface area contributed by atoms with Crippen molar-refractivity contribution in [3.63, 3.8) is 0 Å². The number of ether oxygens (including phenoxy) is 2. The predicted molar refractivity (Wildman–Crippen MR) is 123 cm³/mol. The molecule has 2 aromatic carbocycles. The molecule has 0 spiro atoms. The molecule has 31 heavy (non-hydrogen) atoms. The minimum atomic E-state index is -0.525. The Labute approximate surface area is 190 Å². The Bertz CT molecular complexity index is 1180. The summed E-state index contributed by atoms with van der Waals surface area (Å²) >= 11 is 4.60. The molecule has 1 amide bonds. The number of hydrogen-bond acceptors (Lipinski definition) is 7. The molecule has 0 aliphatic carbocycles. The van der Waals surface area contributed by atoms with E-state index in [-0.39, 0.29) is 17.2 Å². The van der Waals surface area contributed by atoms with E-state index in [1.807, 2.05) is 13.0 Å². The normalized spacial score (nSPS) is 16.4. The molecule has 2 aromatic rings. The second kappa shape index (κ2) is 8.86. The number of hydrazone groups is 1. The fourth-order valence-electron chi connectivity index (χ4n) is 2.86.